The van der Waals surface area contributed by atoms with Gasteiger partial charge in [0.2, 0.25) is 0 Å². The molecule has 0 unspecified atom stereocenters. The van der Waals surface area contributed by atoms with E-state index in [1.165, 1.54) is 43.5 Å². The summed E-state index contributed by atoms with van der Waals surface area (Å²) in [6, 6.07) is 12.1. The summed E-state index contributed by atoms with van der Waals surface area (Å²) in [6.07, 6.45) is 2.25. The Morgan fingerprint density at radius 1 is 1.11 bits per heavy atom. The number of para-hydroxylation sites is 1. The van der Waals surface area contributed by atoms with Gasteiger partial charge in [0.1, 0.15) is 0 Å². The van der Waals surface area contributed by atoms with Crippen LogP contribution in [0.1, 0.15) is 15.9 Å². The summed E-state index contributed by atoms with van der Waals surface area (Å²) in [6.45, 7) is -0.531. The fourth-order valence-electron chi connectivity index (χ4n) is 2.18. The van der Waals surface area contributed by atoms with Crippen LogP contribution >= 0.6 is 0 Å². The Bertz CT molecular complexity index is 922. The van der Waals surface area contributed by atoms with E-state index in [0.29, 0.717) is 11.3 Å². The standard InChI is InChI=1S/C19H17N3O6/c1-20-19(25)14-6-9-15(10-7-14)21-17(23)12-28-18(24)11-8-13-4-2-3-5-16(13)22(26)27/h2-11H,12H2,1H3,(H,20,25)(H,21,23)/b11-8+. The van der Waals surface area contributed by atoms with Crippen LogP contribution in [0.25, 0.3) is 6.08 Å². The molecule has 0 aromatic heterocycles. The Morgan fingerprint density at radius 2 is 1.79 bits per heavy atom. The van der Waals surface area contributed by atoms with Crippen LogP contribution in [0, 0.1) is 10.1 Å². The molecule has 0 aliphatic heterocycles. The van der Waals surface area contributed by atoms with E-state index < -0.39 is 23.4 Å². The van der Waals surface area contributed by atoms with Crippen LogP contribution in [0.4, 0.5) is 11.4 Å². The van der Waals surface area contributed by atoms with Crippen LogP contribution in [0.15, 0.2) is 54.6 Å². The van der Waals surface area contributed by atoms with Gasteiger partial charge in [0.25, 0.3) is 17.5 Å². The third-order valence-corrected chi connectivity index (χ3v) is 3.54. The molecule has 0 spiro atoms. The van der Waals surface area contributed by atoms with Gasteiger partial charge >= 0.3 is 5.97 Å². The molecule has 2 aromatic rings. The molecule has 9 heteroatoms. The second kappa shape index (κ2) is 9.62. The van der Waals surface area contributed by atoms with Gasteiger partial charge < -0.3 is 15.4 Å². The molecule has 0 saturated carbocycles. The second-order valence-corrected chi connectivity index (χ2v) is 5.46. The van der Waals surface area contributed by atoms with Crippen LogP contribution in [-0.2, 0) is 14.3 Å². The van der Waals surface area contributed by atoms with Gasteiger partial charge in [0, 0.05) is 30.4 Å². The summed E-state index contributed by atoms with van der Waals surface area (Å²) in [7, 11) is 1.51. The van der Waals surface area contributed by atoms with Crippen molar-refractivity contribution in [2.45, 2.75) is 0 Å². The quantitative estimate of drug-likeness (QED) is 0.326. The first-order valence-corrected chi connectivity index (χ1v) is 8.11. The molecule has 2 N–H and O–H groups in total. The number of benzene rings is 2. The van der Waals surface area contributed by atoms with E-state index in [9.17, 15) is 24.5 Å². The lowest BCUT2D eigenvalue weighted by Crippen LogP contribution is -2.20. The highest BCUT2D eigenvalue weighted by Gasteiger charge is 2.11. The summed E-state index contributed by atoms with van der Waals surface area (Å²) in [5, 5.41) is 15.9. The minimum atomic E-state index is -0.816. The highest BCUT2D eigenvalue weighted by molar-refractivity contribution is 5.96. The third-order valence-electron chi connectivity index (χ3n) is 3.54. The smallest absolute Gasteiger partial charge is 0.331 e. The second-order valence-electron chi connectivity index (χ2n) is 5.46. The fourth-order valence-corrected chi connectivity index (χ4v) is 2.18. The zero-order valence-corrected chi connectivity index (χ0v) is 14.9. The van der Waals surface area contributed by atoms with Crippen molar-refractivity contribution in [3.05, 3.63) is 75.8 Å². The molecule has 9 nitrogen and oxygen atoms in total. The first-order chi connectivity index (χ1) is 13.4. The Kier molecular flexibility index (Phi) is 6.98. The maximum atomic E-state index is 11.8. The average molecular weight is 383 g/mol. The molecule has 2 rings (SSSR count). The van der Waals surface area contributed by atoms with Crippen LogP contribution in [0.3, 0.4) is 0 Å². The zero-order valence-electron chi connectivity index (χ0n) is 14.9. The lowest BCUT2D eigenvalue weighted by Gasteiger charge is -2.06. The lowest BCUT2D eigenvalue weighted by molar-refractivity contribution is -0.385. The number of hydrogen-bond donors (Lipinski definition) is 2. The van der Waals surface area contributed by atoms with Gasteiger partial charge in [-0.1, -0.05) is 12.1 Å². The third kappa shape index (κ3) is 5.77. The molecule has 0 saturated heterocycles. The number of nitrogens with zero attached hydrogens (tertiary/aromatic N) is 1. The van der Waals surface area contributed by atoms with Crippen molar-refractivity contribution in [2.75, 3.05) is 19.0 Å². The summed E-state index contributed by atoms with van der Waals surface area (Å²) in [5.41, 5.74) is 0.964. The van der Waals surface area contributed by atoms with Crippen molar-refractivity contribution in [1.29, 1.82) is 0 Å². The number of hydrogen-bond acceptors (Lipinski definition) is 6. The average Bonchev–Trinajstić information content (AvgIpc) is 2.70. The highest BCUT2D eigenvalue weighted by atomic mass is 16.6. The number of carbonyl (C=O) groups excluding carboxylic acids is 3. The van der Waals surface area contributed by atoms with E-state index in [1.807, 2.05) is 0 Å². The molecule has 0 heterocycles. The Balaban J connectivity index is 1.86. The van der Waals surface area contributed by atoms with Crippen molar-refractivity contribution >= 4 is 35.2 Å². The molecule has 28 heavy (non-hydrogen) atoms. The summed E-state index contributed by atoms with van der Waals surface area (Å²) < 4.78 is 4.81. The van der Waals surface area contributed by atoms with E-state index in [0.717, 1.165) is 6.08 Å². The van der Waals surface area contributed by atoms with E-state index in [-0.39, 0.29) is 17.2 Å². The van der Waals surface area contributed by atoms with Gasteiger partial charge in [0.15, 0.2) is 6.61 Å². The minimum absolute atomic E-state index is 0.149. The van der Waals surface area contributed by atoms with Gasteiger partial charge in [0.05, 0.1) is 10.5 Å². The molecule has 2 amide bonds. The molecule has 0 bridgehead atoms. The Morgan fingerprint density at radius 3 is 2.43 bits per heavy atom. The van der Waals surface area contributed by atoms with Crippen molar-refractivity contribution in [2.24, 2.45) is 0 Å². The molecule has 2 aromatic carbocycles. The number of nitro groups is 1. The monoisotopic (exact) mass is 383 g/mol. The minimum Gasteiger partial charge on any atom is -0.452 e. The zero-order chi connectivity index (χ0) is 20.5. The van der Waals surface area contributed by atoms with Crippen molar-refractivity contribution in [3.8, 4) is 0 Å². The SMILES string of the molecule is CNC(=O)c1ccc(NC(=O)COC(=O)/C=C/c2ccccc2[N+](=O)[O-])cc1. The molecular weight excluding hydrogens is 366 g/mol. The summed E-state index contributed by atoms with van der Waals surface area (Å²) in [4.78, 5) is 45.3. The number of nitro benzene ring substituents is 1. The summed E-state index contributed by atoms with van der Waals surface area (Å²) in [5.74, 6) is -1.64. The largest absolute Gasteiger partial charge is 0.452 e. The molecular formula is C19H17N3O6. The predicted octanol–water partition coefficient (Wildman–Crippen LogP) is 2.15. The highest BCUT2D eigenvalue weighted by Crippen LogP contribution is 2.18. The molecule has 144 valence electrons. The number of anilines is 1. The topological polar surface area (TPSA) is 128 Å². The number of rotatable bonds is 7. The normalized spacial score (nSPS) is 10.3. The first-order valence-electron chi connectivity index (χ1n) is 8.11. The molecule has 0 aliphatic rings. The predicted molar refractivity (Wildman–Crippen MR) is 102 cm³/mol. The van der Waals surface area contributed by atoms with E-state index in [2.05, 4.69) is 10.6 Å². The number of ether oxygens (including phenoxy) is 1. The van der Waals surface area contributed by atoms with Crippen molar-refractivity contribution in [1.82, 2.24) is 5.32 Å². The molecule has 0 fully saturated rings. The lowest BCUT2D eigenvalue weighted by atomic mass is 10.1. The number of amides is 2. The first kappa shape index (κ1) is 20.3. The van der Waals surface area contributed by atoms with Gasteiger partial charge in [-0.15, -0.1) is 0 Å². The van der Waals surface area contributed by atoms with E-state index in [1.54, 1.807) is 18.2 Å². The van der Waals surface area contributed by atoms with Crippen molar-refractivity contribution in [3.63, 3.8) is 0 Å². The van der Waals surface area contributed by atoms with Gasteiger partial charge in [-0.3, -0.25) is 19.7 Å². The number of carbonyl (C=O) groups is 3. The Hall–Kier alpha value is -4.01. The molecule has 0 aliphatic carbocycles. The molecule has 0 atom stereocenters. The van der Waals surface area contributed by atoms with Crippen LogP contribution < -0.4 is 10.6 Å². The summed E-state index contributed by atoms with van der Waals surface area (Å²) >= 11 is 0. The fraction of sp³-hybridized carbons (Fsp3) is 0.105. The maximum Gasteiger partial charge on any atom is 0.331 e. The van der Waals surface area contributed by atoms with Crippen LogP contribution in [-0.4, -0.2) is 36.4 Å². The van der Waals surface area contributed by atoms with Crippen LogP contribution in [0.5, 0.6) is 0 Å². The maximum absolute atomic E-state index is 11.8. The van der Waals surface area contributed by atoms with Crippen molar-refractivity contribution < 1.29 is 24.0 Å². The Labute approximate surface area is 160 Å². The van der Waals surface area contributed by atoms with Gasteiger partial charge in [-0.25, -0.2) is 4.79 Å². The van der Waals surface area contributed by atoms with Gasteiger partial charge in [-0.2, -0.15) is 0 Å². The number of nitrogens with one attached hydrogen (secondary N) is 2. The number of esters is 1. The molecule has 0 radical (unpaired) electrons. The van der Waals surface area contributed by atoms with Gasteiger partial charge in [-0.05, 0) is 36.4 Å². The van der Waals surface area contributed by atoms with E-state index in [4.69, 9.17) is 4.74 Å². The van der Waals surface area contributed by atoms with E-state index >= 15 is 0 Å². The van der Waals surface area contributed by atoms with Crippen LogP contribution in [0.2, 0.25) is 0 Å².